The van der Waals surface area contributed by atoms with E-state index in [2.05, 4.69) is 38.1 Å². The van der Waals surface area contributed by atoms with Crippen LogP contribution >= 0.6 is 0 Å². The van der Waals surface area contributed by atoms with Crippen molar-refractivity contribution in [3.05, 3.63) is 23.0 Å². The largest absolute Gasteiger partial charge is 0.496 e. The van der Waals surface area contributed by atoms with Crippen LogP contribution in [0.15, 0.2) is 6.20 Å². The van der Waals surface area contributed by atoms with Crippen molar-refractivity contribution in [2.24, 2.45) is 11.3 Å². The second kappa shape index (κ2) is 5.12. The van der Waals surface area contributed by atoms with Crippen molar-refractivity contribution in [2.45, 2.75) is 46.6 Å². The van der Waals surface area contributed by atoms with E-state index in [9.17, 15) is 0 Å². The van der Waals surface area contributed by atoms with Gasteiger partial charge in [-0.1, -0.05) is 13.8 Å². The number of hydrogen-bond donors (Lipinski definition) is 1. The average molecular weight is 262 g/mol. The van der Waals surface area contributed by atoms with E-state index in [0.29, 0.717) is 11.5 Å². The van der Waals surface area contributed by atoms with Gasteiger partial charge in [0.2, 0.25) is 0 Å². The van der Waals surface area contributed by atoms with Gasteiger partial charge in [-0.15, -0.1) is 0 Å². The summed E-state index contributed by atoms with van der Waals surface area (Å²) in [5.74, 6) is 1.74. The maximum absolute atomic E-state index is 5.49. The van der Waals surface area contributed by atoms with Gasteiger partial charge in [0.1, 0.15) is 5.75 Å². The Morgan fingerprint density at radius 3 is 2.58 bits per heavy atom. The number of hydrogen-bond acceptors (Lipinski definition) is 3. The maximum atomic E-state index is 5.49. The van der Waals surface area contributed by atoms with Crippen molar-refractivity contribution in [2.75, 3.05) is 14.2 Å². The maximum Gasteiger partial charge on any atom is 0.128 e. The van der Waals surface area contributed by atoms with Crippen LogP contribution in [0.5, 0.6) is 5.75 Å². The number of aromatic nitrogens is 1. The Morgan fingerprint density at radius 2 is 2.11 bits per heavy atom. The molecule has 2 atom stereocenters. The van der Waals surface area contributed by atoms with Crippen LogP contribution in [0.3, 0.4) is 0 Å². The highest BCUT2D eigenvalue weighted by atomic mass is 16.5. The van der Waals surface area contributed by atoms with Gasteiger partial charge in [-0.3, -0.25) is 4.98 Å². The van der Waals surface area contributed by atoms with Gasteiger partial charge in [-0.2, -0.15) is 0 Å². The third-order valence-corrected chi connectivity index (χ3v) is 4.61. The van der Waals surface area contributed by atoms with Crippen molar-refractivity contribution in [3.63, 3.8) is 0 Å². The minimum Gasteiger partial charge on any atom is -0.496 e. The molecular formula is C16H26N2O. The first-order valence-corrected chi connectivity index (χ1v) is 7.07. The minimum atomic E-state index is 0.483. The lowest BCUT2D eigenvalue weighted by Crippen LogP contribution is -2.32. The summed E-state index contributed by atoms with van der Waals surface area (Å²) in [4.78, 5) is 4.61. The van der Waals surface area contributed by atoms with E-state index < -0.39 is 0 Å². The Balaban J connectivity index is 2.19. The predicted octanol–water partition coefficient (Wildman–Crippen LogP) is 2.88. The second-order valence-electron chi connectivity index (χ2n) is 6.44. The van der Waals surface area contributed by atoms with E-state index in [0.717, 1.165) is 29.3 Å². The molecule has 0 radical (unpaired) electrons. The highest BCUT2D eigenvalue weighted by Gasteiger charge is 2.49. The third-order valence-electron chi connectivity index (χ3n) is 4.61. The highest BCUT2D eigenvalue weighted by Crippen LogP contribution is 2.54. The first kappa shape index (κ1) is 14.3. The third kappa shape index (κ3) is 2.76. The van der Waals surface area contributed by atoms with E-state index in [-0.39, 0.29) is 0 Å². The van der Waals surface area contributed by atoms with Crippen LogP contribution in [-0.2, 0) is 6.42 Å². The summed E-state index contributed by atoms with van der Waals surface area (Å²) in [5, 5.41) is 3.47. The Morgan fingerprint density at radius 1 is 1.47 bits per heavy atom. The Bertz CT molecular complexity index is 468. The zero-order valence-corrected chi connectivity index (χ0v) is 13.0. The number of rotatable bonds is 5. The molecule has 3 nitrogen and oxygen atoms in total. The van der Waals surface area contributed by atoms with Gasteiger partial charge in [0, 0.05) is 35.5 Å². The lowest BCUT2D eigenvalue weighted by Gasteiger charge is -2.20. The standard InChI is InChI=1S/C16H26N2O/c1-10-9-18-13(11(2)15(10)19-6)7-14(17-5)12-8-16(12,3)4/h9,12,14,17H,7-8H2,1-6H3. The second-order valence-corrected chi connectivity index (χ2v) is 6.44. The van der Waals surface area contributed by atoms with Gasteiger partial charge in [0.05, 0.1) is 7.11 Å². The topological polar surface area (TPSA) is 34.2 Å². The molecule has 1 fully saturated rings. The molecule has 19 heavy (non-hydrogen) atoms. The lowest BCUT2D eigenvalue weighted by atomic mass is 9.97. The summed E-state index contributed by atoms with van der Waals surface area (Å²) in [6.45, 7) is 8.84. The molecule has 1 aromatic rings. The number of nitrogens with one attached hydrogen (secondary N) is 1. The highest BCUT2D eigenvalue weighted by molar-refractivity contribution is 5.41. The first-order valence-electron chi connectivity index (χ1n) is 7.07. The molecule has 0 spiro atoms. The van der Waals surface area contributed by atoms with Gasteiger partial charge in [-0.05, 0) is 38.6 Å². The van der Waals surface area contributed by atoms with Crippen LogP contribution in [0.2, 0.25) is 0 Å². The van der Waals surface area contributed by atoms with Crippen molar-refractivity contribution >= 4 is 0 Å². The molecule has 1 heterocycles. The van der Waals surface area contributed by atoms with Crippen LogP contribution in [-0.4, -0.2) is 25.2 Å². The molecule has 0 amide bonds. The van der Waals surface area contributed by atoms with Gasteiger partial charge < -0.3 is 10.1 Å². The lowest BCUT2D eigenvalue weighted by molar-refractivity contribution is 0.402. The number of methoxy groups -OCH3 is 1. The molecule has 0 saturated heterocycles. The van der Waals surface area contributed by atoms with Crippen LogP contribution in [0, 0.1) is 25.2 Å². The average Bonchev–Trinajstić information content (AvgIpc) is 2.98. The molecular weight excluding hydrogens is 236 g/mol. The SMILES string of the molecule is CNC(Cc1ncc(C)c(OC)c1C)C1CC1(C)C. The summed E-state index contributed by atoms with van der Waals surface area (Å²) in [6.07, 6.45) is 4.21. The molecule has 1 N–H and O–H groups in total. The summed E-state index contributed by atoms with van der Waals surface area (Å²) in [5.41, 5.74) is 3.93. The summed E-state index contributed by atoms with van der Waals surface area (Å²) < 4.78 is 5.49. The van der Waals surface area contributed by atoms with Crippen molar-refractivity contribution in [1.82, 2.24) is 10.3 Å². The van der Waals surface area contributed by atoms with Crippen LogP contribution < -0.4 is 10.1 Å². The normalized spacial score (nSPS) is 22.1. The zero-order valence-electron chi connectivity index (χ0n) is 13.0. The molecule has 1 aliphatic rings. The summed E-state index contributed by atoms with van der Waals surface area (Å²) in [7, 11) is 3.79. The van der Waals surface area contributed by atoms with Gasteiger partial charge in [0.15, 0.2) is 0 Å². The van der Waals surface area contributed by atoms with E-state index in [1.807, 2.05) is 13.1 Å². The zero-order chi connectivity index (χ0) is 14.2. The molecule has 2 rings (SSSR count). The number of pyridine rings is 1. The van der Waals surface area contributed by atoms with Gasteiger partial charge in [-0.25, -0.2) is 0 Å². The van der Waals surface area contributed by atoms with Crippen LogP contribution in [0.1, 0.15) is 37.1 Å². The molecule has 0 bridgehead atoms. The molecule has 1 aliphatic carbocycles. The van der Waals surface area contributed by atoms with Crippen LogP contribution in [0.25, 0.3) is 0 Å². The number of aryl methyl sites for hydroxylation is 1. The quantitative estimate of drug-likeness (QED) is 0.886. The number of ether oxygens (including phenoxy) is 1. The summed E-state index contributed by atoms with van der Waals surface area (Å²) in [6, 6.07) is 0.508. The molecule has 0 aliphatic heterocycles. The Kier molecular flexibility index (Phi) is 3.86. The molecule has 2 unspecified atom stereocenters. The fraction of sp³-hybridized carbons (Fsp3) is 0.688. The molecule has 1 saturated carbocycles. The van der Waals surface area contributed by atoms with Gasteiger partial charge >= 0.3 is 0 Å². The van der Waals surface area contributed by atoms with E-state index in [4.69, 9.17) is 4.74 Å². The van der Waals surface area contributed by atoms with Crippen molar-refractivity contribution in [3.8, 4) is 5.75 Å². The molecule has 1 aromatic heterocycles. The Labute approximate surface area is 116 Å². The number of likely N-dealkylation sites (N-methyl/N-ethyl adjacent to an activating group) is 1. The minimum absolute atomic E-state index is 0.483. The van der Waals surface area contributed by atoms with E-state index in [1.54, 1.807) is 7.11 Å². The monoisotopic (exact) mass is 262 g/mol. The fourth-order valence-corrected chi connectivity index (χ4v) is 3.13. The molecule has 106 valence electrons. The van der Waals surface area contributed by atoms with Crippen molar-refractivity contribution in [1.29, 1.82) is 0 Å². The van der Waals surface area contributed by atoms with Crippen molar-refractivity contribution < 1.29 is 4.74 Å². The summed E-state index contributed by atoms with van der Waals surface area (Å²) >= 11 is 0. The van der Waals surface area contributed by atoms with Crippen LogP contribution in [0.4, 0.5) is 0 Å². The fourth-order valence-electron chi connectivity index (χ4n) is 3.13. The Hall–Kier alpha value is -1.09. The van der Waals surface area contributed by atoms with Gasteiger partial charge in [0.25, 0.3) is 0 Å². The molecule has 3 heteroatoms. The van der Waals surface area contributed by atoms with E-state index in [1.165, 1.54) is 12.0 Å². The number of nitrogens with zero attached hydrogens (tertiary/aromatic N) is 1. The smallest absolute Gasteiger partial charge is 0.128 e. The predicted molar refractivity (Wildman–Crippen MR) is 78.7 cm³/mol. The first-order chi connectivity index (χ1) is 8.90. The van der Waals surface area contributed by atoms with E-state index >= 15 is 0 Å². The molecule has 0 aromatic carbocycles.